The van der Waals surface area contributed by atoms with E-state index in [2.05, 4.69) is 21.0 Å². The maximum Gasteiger partial charge on any atom is 0.320 e. The highest BCUT2D eigenvalue weighted by Crippen LogP contribution is 2.37. The molecule has 1 aromatic carbocycles. The van der Waals surface area contributed by atoms with Crippen LogP contribution in [0.3, 0.4) is 0 Å². The van der Waals surface area contributed by atoms with Crippen molar-refractivity contribution >= 4 is 29.0 Å². The summed E-state index contributed by atoms with van der Waals surface area (Å²) in [6, 6.07) is 10.5. The molecule has 4 N–H and O–H groups in total. The van der Waals surface area contributed by atoms with Gasteiger partial charge in [0.2, 0.25) is 11.8 Å². The van der Waals surface area contributed by atoms with Gasteiger partial charge in [-0.2, -0.15) is 5.10 Å². The number of rotatable bonds is 11. The molecule has 3 aromatic heterocycles. The standard InChI is InChI=1S/C29H32ClN7O5/c1-16(29(40)41)32-14-24-35-37-15-18(11-23(37)28(39)36(24)2)20-5-4-6-21(26(20)30)22-9-7-17(27(34-22)42-3)12-31-13-19-8-10-25(38)33-19/h4-7,9,11,15-16,19,31-32H,8,10,12-14H2,1-3H3,(H,33,38)(H,40,41)/t16-,19+/m0/s1. The van der Waals surface area contributed by atoms with Crippen molar-refractivity contribution in [1.82, 2.24) is 35.1 Å². The number of carbonyl (C=O) groups is 2. The molecular formula is C29H32ClN7O5. The topological polar surface area (TPSA) is 152 Å². The number of aliphatic carboxylic acids is 1. The first-order chi connectivity index (χ1) is 20.2. The zero-order valence-corrected chi connectivity index (χ0v) is 24.2. The van der Waals surface area contributed by atoms with Crippen molar-refractivity contribution in [3.63, 3.8) is 0 Å². The molecular weight excluding hydrogens is 562 g/mol. The van der Waals surface area contributed by atoms with Crippen LogP contribution >= 0.6 is 11.6 Å². The number of carbonyl (C=O) groups excluding carboxylic acids is 1. The van der Waals surface area contributed by atoms with E-state index < -0.39 is 12.0 Å². The van der Waals surface area contributed by atoms with Gasteiger partial charge < -0.3 is 20.5 Å². The summed E-state index contributed by atoms with van der Waals surface area (Å²) in [5.74, 6) is -0.0479. The molecule has 1 fully saturated rings. The largest absolute Gasteiger partial charge is 0.481 e. The highest BCUT2D eigenvalue weighted by molar-refractivity contribution is 6.36. The Bertz CT molecular complexity index is 1720. The highest BCUT2D eigenvalue weighted by atomic mass is 35.5. The number of hydrogen-bond donors (Lipinski definition) is 4. The molecule has 0 spiro atoms. The normalized spacial score (nSPS) is 15.6. The van der Waals surface area contributed by atoms with Gasteiger partial charge in [-0.25, -0.2) is 9.50 Å². The monoisotopic (exact) mass is 593 g/mol. The minimum atomic E-state index is -0.993. The quantitative estimate of drug-likeness (QED) is 0.205. The Hall–Kier alpha value is -4.26. The van der Waals surface area contributed by atoms with E-state index in [9.17, 15) is 14.4 Å². The molecule has 1 saturated heterocycles. The zero-order chi connectivity index (χ0) is 30.0. The van der Waals surface area contributed by atoms with Gasteiger partial charge in [-0.05, 0) is 25.5 Å². The number of ether oxygens (including phenoxy) is 1. The van der Waals surface area contributed by atoms with Crippen LogP contribution in [-0.4, -0.2) is 61.9 Å². The lowest BCUT2D eigenvalue weighted by Gasteiger charge is -2.14. The number of carboxylic acids is 1. The molecule has 1 aliphatic heterocycles. The van der Waals surface area contributed by atoms with Crippen LogP contribution in [0.5, 0.6) is 5.88 Å². The molecule has 0 saturated carbocycles. The fraction of sp³-hybridized carbons (Fsp3) is 0.345. The van der Waals surface area contributed by atoms with Crippen LogP contribution < -0.4 is 26.2 Å². The van der Waals surface area contributed by atoms with Crippen LogP contribution in [0.15, 0.2) is 47.4 Å². The molecule has 0 aliphatic carbocycles. The Labute approximate surface area is 246 Å². The van der Waals surface area contributed by atoms with Crippen LogP contribution in [-0.2, 0) is 29.7 Å². The maximum absolute atomic E-state index is 13.1. The number of benzene rings is 1. The van der Waals surface area contributed by atoms with Crippen molar-refractivity contribution in [1.29, 1.82) is 0 Å². The van der Waals surface area contributed by atoms with Crippen molar-refractivity contribution in [2.24, 2.45) is 7.05 Å². The van der Waals surface area contributed by atoms with E-state index in [1.165, 1.54) is 16.0 Å². The molecule has 1 amide bonds. The molecule has 220 valence electrons. The summed E-state index contributed by atoms with van der Waals surface area (Å²) >= 11 is 6.92. The van der Waals surface area contributed by atoms with Gasteiger partial charge in [-0.1, -0.05) is 35.9 Å². The first-order valence-corrected chi connectivity index (χ1v) is 13.9. The second kappa shape index (κ2) is 12.3. The molecule has 0 radical (unpaired) electrons. The van der Waals surface area contributed by atoms with Crippen LogP contribution in [0.2, 0.25) is 5.02 Å². The van der Waals surface area contributed by atoms with Crippen molar-refractivity contribution in [2.75, 3.05) is 13.7 Å². The average Bonchev–Trinajstić information content (AvgIpc) is 3.60. The van der Waals surface area contributed by atoms with Gasteiger partial charge in [0, 0.05) is 61.1 Å². The molecule has 1 aliphatic rings. The number of carboxylic acid groups (broad SMARTS) is 1. The second-order valence-corrected chi connectivity index (χ2v) is 10.6. The SMILES string of the molecule is COc1nc(-c2cccc(-c3cc4c(=O)n(C)c(CN[C@@H](C)C(=O)O)nn4c3)c2Cl)ccc1CNC[C@H]1CCC(=O)N1. The number of pyridine rings is 1. The summed E-state index contributed by atoms with van der Waals surface area (Å²) in [6.45, 7) is 2.82. The molecule has 0 bridgehead atoms. The Morgan fingerprint density at radius 3 is 2.74 bits per heavy atom. The minimum Gasteiger partial charge on any atom is -0.481 e. The third-order valence-electron chi connectivity index (χ3n) is 7.38. The first kappa shape index (κ1) is 29.2. The maximum atomic E-state index is 13.1. The summed E-state index contributed by atoms with van der Waals surface area (Å²) in [6.07, 6.45) is 3.10. The van der Waals surface area contributed by atoms with Crippen molar-refractivity contribution in [3.8, 4) is 28.3 Å². The summed E-state index contributed by atoms with van der Waals surface area (Å²) in [4.78, 5) is 40.4. The fourth-order valence-electron chi connectivity index (χ4n) is 4.90. The molecule has 42 heavy (non-hydrogen) atoms. The number of hydrogen-bond acceptors (Lipinski definition) is 8. The van der Waals surface area contributed by atoms with E-state index in [1.54, 1.807) is 26.4 Å². The molecule has 13 heteroatoms. The van der Waals surface area contributed by atoms with E-state index in [4.69, 9.17) is 26.4 Å². The van der Waals surface area contributed by atoms with Gasteiger partial charge in [-0.3, -0.25) is 24.3 Å². The summed E-state index contributed by atoms with van der Waals surface area (Å²) < 4.78 is 8.46. The number of halogens is 1. The average molecular weight is 594 g/mol. The van der Waals surface area contributed by atoms with E-state index in [0.717, 1.165) is 12.0 Å². The first-order valence-electron chi connectivity index (χ1n) is 13.5. The van der Waals surface area contributed by atoms with Gasteiger partial charge >= 0.3 is 5.97 Å². The molecule has 0 unspecified atom stereocenters. The van der Waals surface area contributed by atoms with Crippen LogP contribution in [0.4, 0.5) is 0 Å². The smallest absolute Gasteiger partial charge is 0.320 e. The number of nitrogens with zero attached hydrogens (tertiary/aromatic N) is 4. The molecule has 5 rings (SSSR count). The Kier molecular flexibility index (Phi) is 8.57. The lowest BCUT2D eigenvalue weighted by molar-refractivity contribution is -0.139. The predicted octanol–water partition coefficient (Wildman–Crippen LogP) is 2.35. The molecule has 2 atom stereocenters. The minimum absolute atomic E-state index is 0.0846. The number of amides is 1. The summed E-state index contributed by atoms with van der Waals surface area (Å²) in [5.41, 5.74) is 3.69. The number of nitrogens with one attached hydrogen (secondary N) is 3. The van der Waals surface area contributed by atoms with Crippen molar-refractivity contribution in [3.05, 3.63) is 69.4 Å². The summed E-state index contributed by atoms with van der Waals surface area (Å²) in [5, 5.41) is 23.3. The van der Waals surface area contributed by atoms with Crippen molar-refractivity contribution in [2.45, 2.75) is 44.9 Å². The fourth-order valence-corrected chi connectivity index (χ4v) is 5.23. The lowest BCUT2D eigenvalue weighted by atomic mass is 10.0. The third kappa shape index (κ3) is 6.01. The van der Waals surface area contributed by atoms with Gasteiger partial charge in [0.25, 0.3) is 5.56 Å². The predicted molar refractivity (Wildman–Crippen MR) is 157 cm³/mol. The van der Waals surface area contributed by atoms with E-state index in [-0.39, 0.29) is 24.1 Å². The van der Waals surface area contributed by atoms with Gasteiger partial charge in [-0.15, -0.1) is 0 Å². The van der Waals surface area contributed by atoms with E-state index in [0.29, 0.717) is 64.1 Å². The van der Waals surface area contributed by atoms with Crippen LogP contribution in [0.1, 0.15) is 31.2 Å². The van der Waals surface area contributed by atoms with E-state index >= 15 is 0 Å². The summed E-state index contributed by atoms with van der Waals surface area (Å²) in [7, 11) is 3.17. The van der Waals surface area contributed by atoms with Gasteiger partial charge in [0.1, 0.15) is 17.4 Å². The Balaban J connectivity index is 1.40. The zero-order valence-electron chi connectivity index (χ0n) is 23.5. The van der Waals surface area contributed by atoms with Gasteiger partial charge in [0.15, 0.2) is 0 Å². The third-order valence-corrected chi connectivity index (χ3v) is 7.79. The van der Waals surface area contributed by atoms with Gasteiger partial charge in [0.05, 0.1) is 24.4 Å². The molecule has 4 aromatic rings. The number of methoxy groups -OCH3 is 1. The van der Waals surface area contributed by atoms with Crippen molar-refractivity contribution < 1.29 is 19.4 Å². The molecule has 4 heterocycles. The Morgan fingerprint density at radius 1 is 1.24 bits per heavy atom. The molecule has 12 nitrogen and oxygen atoms in total. The van der Waals surface area contributed by atoms with Crippen LogP contribution in [0.25, 0.3) is 27.9 Å². The van der Waals surface area contributed by atoms with E-state index in [1.807, 2.05) is 30.3 Å². The van der Waals surface area contributed by atoms with Crippen LogP contribution in [0, 0.1) is 0 Å². The highest BCUT2D eigenvalue weighted by Gasteiger charge is 2.21. The lowest BCUT2D eigenvalue weighted by Crippen LogP contribution is -2.36. The number of aromatic nitrogens is 4. The number of fused-ring (bicyclic) bond motifs is 1. The second-order valence-electron chi connectivity index (χ2n) is 10.2. The Morgan fingerprint density at radius 2 is 2.02 bits per heavy atom.